The summed E-state index contributed by atoms with van der Waals surface area (Å²) in [5, 5.41) is 0. The van der Waals surface area contributed by atoms with Gasteiger partial charge >= 0.3 is 5.97 Å². The SMILES string of the molecule is CCCCCC1CCC(C(=O)Oc2ccc(-c3ncc(C4CCC(CCC)CC4)cn3)cc2)CC1. The number of esters is 1. The summed E-state index contributed by atoms with van der Waals surface area (Å²) in [5.41, 5.74) is 2.23. The molecule has 1 aromatic heterocycles. The van der Waals surface area contributed by atoms with Gasteiger partial charge < -0.3 is 4.74 Å². The van der Waals surface area contributed by atoms with Gasteiger partial charge in [-0.2, -0.15) is 0 Å². The first-order chi connectivity index (χ1) is 17.2. The number of rotatable bonds is 10. The van der Waals surface area contributed by atoms with Crippen molar-refractivity contribution in [2.24, 2.45) is 17.8 Å². The Morgan fingerprint density at radius 2 is 1.43 bits per heavy atom. The highest BCUT2D eigenvalue weighted by Gasteiger charge is 2.27. The Labute approximate surface area is 212 Å². The van der Waals surface area contributed by atoms with E-state index in [1.807, 2.05) is 36.7 Å². The molecular weight excluding hydrogens is 432 g/mol. The molecule has 1 aromatic carbocycles. The number of hydrogen-bond donors (Lipinski definition) is 0. The zero-order valence-corrected chi connectivity index (χ0v) is 21.9. The molecule has 0 aliphatic heterocycles. The molecular formula is C31H44N2O2. The van der Waals surface area contributed by atoms with Gasteiger partial charge in [0.25, 0.3) is 0 Å². The molecule has 0 spiro atoms. The van der Waals surface area contributed by atoms with Gasteiger partial charge in [-0.05, 0) is 98.9 Å². The van der Waals surface area contributed by atoms with Gasteiger partial charge in [0.15, 0.2) is 5.82 Å². The molecule has 2 fully saturated rings. The molecule has 0 saturated heterocycles. The standard InChI is InChI=1S/C31H44N2O2/c1-3-5-6-8-24-11-15-27(16-12-24)31(34)35-29-19-17-26(18-20-29)30-32-21-28(22-33-30)25-13-9-23(7-4-2)10-14-25/h17-25,27H,3-16H2,1-2H3. The van der Waals surface area contributed by atoms with E-state index in [0.29, 0.717) is 11.7 Å². The third-order valence-electron chi connectivity index (χ3n) is 8.41. The van der Waals surface area contributed by atoms with E-state index in [-0.39, 0.29) is 11.9 Å². The van der Waals surface area contributed by atoms with E-state index in [1.165, 1.54) is 69.8 Å². The van der Waals surface area contributed by atoms with Crippen LogP contribution in [0.2, 0.25) is 0 Å². The minimum atomic E-state index is -0.0704. The van der Waals surface area contributed by atoms with Crippen LogP contribution in [0.25, 0.3) is 11.4 Å². The zero-order valence-electron chi connectivity index (χ0n) is 21.9. The van der Waals surface area contributed by atoms with Crippen LogP contribution < -0.4 is 4.74 Å². The lowest BCUT2D eigenvalue weighted by atomic mass is 9.78. The van der Waals surface area contributed by atoms with E-state index < -0.39 is 0 Å². The lowest BCUT2D eigenvalue weighted by molar-refractivity contribution is -0.140. The molecule has 0 bridgehead atoms. The van der Waals surface area contributed by atoms with Crippen LogP contribution in [0, 0.1) is 17.8 Å². The quantitative estimate of drug-likeness (QED) is 0.196. The number of carbonyl (C=O) groups excluding carboxylic acids is 1. The molecule has 2 saturated carbocycles. The Bertz CT molecular complexity index is 893. The molecule has 35 heavy (non-hydrogen) atoms. The Morgan fingerprint density at radius 1 is 0.800 bits per heavy atom. The summed E-state index contributed by atoms with van der Waals surface area (Å²) in [5.74, 6) is 3.63. The first-order valence-electron chi connectivity index (χ1n) is 14.3. The fourth-order valence-electron chi connectivity index (χ4n) is 6.13. The van der Waals surface area contributed by atoms with Crippen molar-refractivity contribution >= 4 is 5.97 Å². The summed E-state index contributed by atoms with van der Waals surface area (Å²) in [7, 11) is 0. The van der Waals surface area contributed by atoms with Crippen molar-refractivity contribution in [2.75, 3.05) is 0 Å². The fraction of sp³-hybridized carbons (Fsp3) is 0.645. The predicted molar refractivity (Wildman–Crippen MR) is 142 cm³/mol. The Balaban J connectivity index is 1.25. The average Bonchev–Trinajstić information content (AvgIpc) is 2.90. The number of unbranched alkanes of at least 4 members (excludes halogenated alkanes) is 2. The minimum Gasteiger partial charge on any atom is -0.426 e. The number of carbonyl (C=O) groups is 1. The van der Waals surface area contributed by atoms with Crippen LogP contribution in [-0.2, 0) is 4.79 Å². The number of ether oxygens (including phenoxy) is 1. The first kappa shape index (κ1) is 25.9. The van der Waals surface area contributed by atoms with Crippen molar-refractivity contribution in [3.63, 3.8) is 0 Å². The molecule has 2 aliphatic carbocycles. The van der Waals surface area contributed by atoms with Crippen molar-refractivity contribution in [2.45, 2.75) is 110 Å². The Morgan fingerprint density at radius 3 is 2.06 bits per heavy atom. The molecule has 0 radical (unpaired) electrons. The van der Waals surface area contributed by atoms with Crippen molar-refractivity contribution in [3.05, 3.63) is 42.2 Å². The normalized spacial score (nSPS) is 24.7. The van der Waals surface area contributed by atoms with Crippen LogP contribution in [0.1, 0.15) is 115 Å². The van der Waals surface area contributed by atoms with Crippen LogP contribution in [0.5, 0.6) is 5.75 Å². The third-order valence-corrected chi connectivity index (χ3v) is 8.41. The maximum Gasteiger partial charge on any atom is 0.314 e. The summed E-state index contributed by atoms with van der Waals surface area (Å²) in [6.07, 6.45) is 21.4. The Hall–Kier alpha value is -2.23. The Kier molecular flexibility index (Phi) is 9.74. The van der Waals surface area contributed by atoms with E-state index in [9.17, 15) is 4.79 Å². The van der Waals surface area contributed by atoms with Gasteiger partial charge in [0.05, 0.1) is 5.92 Å². The molecule has 0 unspecified atom stereocenters. The lowest BCUT2D eigenvalue weighted by Crippen LogP contribution is -2.25. The topological polar surface area (TPSA) is 52.1 Å². The lowest BCUT2D eigenvalue weighted by Gasteiger charge is -2.28. The van der Waals surface area contributed by atoms with E-state index >= 15 is 0 Å². The zero-order chi connectivity index (χ0) is 24.5. The highest BCUT2D eigenvalue weighted by molar-refractivity contribution is 5.75. The van der Waals surface area contributed by atoms with E-state index in [0.717, 1.165) is 48.9 Å². The van der Waals surface area contributed by atoms with Crippen LogP contribution >= 0.6 is 0 Å². The largest absolute Gasteiger partial charge is 0.426 e. The summed E-state index contributed by atoms with van der Waals surface area (Å²) in [4.78, 5) is 22.0. The number of nitrogens with zero attached hydrogens (tertiary/aromatic N) is 2. The molecule has 2 aliphatic rings. The van der Waals surface area contributed by atoms with Crippen molar-refractivity contribution in [1.29, 1.82) is 0 Å². The molecule has 0 N–H and O–H groups in total. The molecule has 2 aromatic rings. The number of aromatic nitrogens is 2. The van der Waals surface area contributed by atoms with Crippen molar-refractivity contribution in [3.8, 4) is 17.1 Å². The van der Waals surface area contributed by atoms with E-state index in [1.54, 1.807) is 0 Å². The van der Waals surface area contributed by atoms with Gasteiger partial charge in [-0.25, -0.2) is 9.97 Å². The number of hydrogen-bond acceptors (Lipinski definition) is 4. The third kappa shape index (κ3) is 7.38. The van der Waals surface area contributed by atoms with E-state index in [2.05, 4.69) is 23.8 Å². The summed E-state index contributed by atoms with van der Waals surface area (Å²) in [6.45, 7) is 4.54. The maximum absolute atomic E-state index is 12.7. The fourth-order valence-corrected chi connectivity index (χ4v) is 6.13. The molecule has 4 heteroatoms. The summed E-state index contributed by atoms with van der Waals surface area (Å²) < 4.78 is 5.72. The van der Waals surface area contributed by atoms with Crippen molar-refractivity contribution in [1.82, 2.24) is 9.97 Å². The van der Waals surface area contributed by atoms with Gasteiger partial charge in [-0.15, -0.1) is 0 Å². The smallest absolute Gasteiger partial charge is 0.314 e. The molecule has 190 valence electrons. The van der Waals surface area contributed by atoms with Gasteiger partial charge in [0.2, 0.25) is 0 Å². The van der Waals surface area contributed by atoms with Crippen LogP contribution in [0.4, 0.5) is 0 Å². The van der Waals surface area contributed by atoms with Gasteiger partial charge in [-0.3, -0.25) is 4.79 Å². The predicted octanol–water partition coefficient (Wildman–Crippen LogP) is 8.51. The monoisotopic (exact) mass is 476 g/mol. The molecule has 0 atom stereocenters. The molecule has 4 nitrogen and oxygen atoms in total. The maximum atomic E-state index is 12.7. The van der Waals surface area contributed by atoms with Gasteiger partial charge in [-0.1, -0.05) is 52.4 Å². The summed E-state index contributed by atoms with van der Waals surface area (Å²) >= 11 is 0. The van der Waals surface area contributed by atoms with Crippen LogP contribution in [0.15, 0.2) is 36.7 Å². The minimum absolute atomic E-state index is 0.0463. The van der Waals surface area contributed by atoms with Crippen LogP contribution in [0.3, 0.4) is 0 Å². The molecule has 0 amide bonds. The second kappa shape index (κ2) is 13.2. The highest BCUT2D eigenvalue weighted by Crippen LogP contribution is 2.37. The first-order valence-corrected chi connectivity index (χ1v) is 14.3. The second-order valence-corrected chi connectivity index (χ2v) is 11.0. The molecule has 4 rings (SSSR count). The van der Waals surface area contributed by atoms with E-state index in [4.69, 9.17) is 4.74 Å². The average molecular weight is 477 g/mol. The highest BCUT2D eigenvalue weighted by atomic mass is 16.5. The summed E-state index contributed by atoms with van der Waals surface area (Å²) in [6, 6.07) is 7.65. The van der Waals surface area contributed by atoms with Gasteiger partial charge in [0.1, 0.15) is 5.75 Å². The van der Waals surface area contributed by atoms with Gasteiger partial charge in [0, 0.05) is 18.0 Å². The second-order valence-electron chi connectivity index (χ2n) is 11.0. The molecule has 1 heterocycles. The number of benzene rings is 1. The van der Waals surface area contributed by atoms with Crippen LogP contribution in [-0.4, -0.2) is 15.9 Å². The van der Waals surface area contributed by atoms with Crippen molar-refractivity contribution < 1.29 is 9.53 Å².